The summed E-state index contributed by atoms with van der Waals surface area (Å²) in [7, 11) is 5.02. The molecule has 67 heavy (non-hydrogen) atoms. The molecule has 0 saturated heterocycles. The second-order valence-electron chi connectivity index (χ2n) is 21.3. The number of para-hydroxylation sites is 1. The topological polar surface area (TPSA) is 206 Å². The zero-order valence-corrected chi connectivity index (χ0v) is 42.7. The van der Waals surface area contributed by atoms with Gasteiger partial charge in [-0.3, -0.25) is 43.4 Å². The molecule has 3 rings (SSSR count). The molecule has 7 amide bonds. The van der Waals surface area contributed by atoms with E-state index in [1.807, 2.05) is 90.5 Å². The van der Waals surface area contributed by atoms with Gasteiger partial charge in [0.05, 0.1) is 6.04 Å². The molecule has 0 saturated carbocycles. The third-order valence-electron chi connectivity index (χ3n) is 11.5. The zero-order valence-electron chi connectivity index (χ0n) is 42.7. The normalized spacial score (nSPS) is 15.5. The highest BCUT2D eigenvalue weighted by Gasteiger charge is 2.47. The van der Waals surface area contributed by atoms with Crippen LogP contribution in [-0.4, -0.2) is 129 Å². The van der Waals surface area contributed by atoms with Crippen molar-refractivity contribution in [2.75, 3.05) is 27.2 Å². The highest BCUT2D eigenvalue weighted by Crippen LogP contribution is 2.37. The van der Waals surface area contributed by atoms with Crippen molar-refractivity contribution in [3.8, 4) is 0 Å². The molecule has 0 bridgehead atoms. The molecule has 370 valence electrons. The van der Waals surface area contributed by atoms with E-state index < -0.39 is 93.7 Å². The van der Waals surface area contributed by atoms with Gasteiger partial charge < -0.3 is 34.9 Å². The summed E-state index contributed by atoms with van der Waals surface area (Å²) in [6.07, 6.45) is 4.79. The maximum absolute atomic E-state index is 15.0. The average molecular weight is 934 g/mol. The minimum atomic E-state index is -1.21. The van der Waals surface area contributed by atoms with Gasteiger partial charge in [0.2, 0.25) is 23.6 Å². The van der Waals surface area contributed by atoms with Crippen molar-refractivity contribution < 1.29 is 47.8 Å². The van der Waals surface area contributed by atoms with Crippen LogP contribution in [0.15, 0.2) is 54.3 Å². The molecule has 2 aromatic rings. The van der Waals surface area contributed by atoms with Crippen LogP contribution in [0.5, 0.6) is 0 Å². The predicted octanol–water partition coefficient (Wildman–Crippen LogP) is 5.30. The molecule has 3 N–H and O–H groups in total. The number of hydrogen-bond acceptors (Lipinski definition) is 10. The third kappa shape index (κ3) is 14.7. The number of amides is 7. The summed E-state index contributed by atoms with van der Waals surface area (Å²) in [4.78, 5) is 111. The lowest BCUT2D eigenvalue weighted by Crippen LogP contribution is -2.63. The van der Waals surface area contributed by atoms with Crippen LogP contribution in [0.25, 0.3) is 10.9 Å². The van der Waals surface area contributed by atoms with Crippen LogP contribution >= 0.6 is 0 Å². The number of likely N-dealkylation sites (N-methyl/N-ethyl adjacent to an activating group) is 2. The lowest BCUT2D eigenvalue weighted by molar-refractivity contribution is -0.155. The van der Waals surface area contributed by atoms with Crippen LogP contribution in [0.4, 0.5) is 4.79 Å². The number of rotatable bonds is 18. The molecule has 4 atom stereocenters. The van der Waals surface area contributed by atoms with Gasteiger partial charge in [-0.05, 0) is 77.8 Å². The summed E-state index contributed by atoms with van der Waals surface area (Å²) < 4.78 is 13.2. The summed E-state index contributed by atoms with van der Waals surface area (Å²) in [6.45, 7) is 24.7. The first kappa shape index (κ1) is 55.3. The summed E-state index contributed by atoms with van der Waals surface area (Å²) in [5.74, 6) is -4.17. The molecule has 1 unspecified atom stereocenters. The number of aryl methyl sites for hydroxylation is 1. The van der Waals surface area contributed by atoms with Gasteiger partial charge in [0.1, 0.15) is 29.3 Å². The monoisotopic (exact) mass is 934 g/mol. The highest BCUT2D eigenvalue weighted by molar-refractivity contribution is 6.13. The lowest BCUT2D eigenvalue weighted by Gasteiger charge is -2.42. The van der Waals surface area contributed by atoms with E-state index in [9.17, 15) is 38.4 Å². The summed E-state index contributed by atoms with van der Waals surface area (Å²) in [6, 6.07) is 3.60. The smallest absolute Gasteiger partial charge is 0.410 e. The first-order valence-corrected chi connectivity index (χ1v) is 22.8. The Kier molecular flexibility index (Phi) is 18.0. The number of esters is 1. The number of benzene rings is 1. The van der Waals surface area contributed by atoms with Gasteiger partial charge in [0.25, 0.3) is 11.8 Å². The van der Waals surface area contributed by atoms with E-state index in [0.29, 0.717) is 0 Å². The highest BCUT2D eigenvalue weighted by atomic mass is 16.6. The fourth-order valence-electron chi connectivity index (χ4n) is 7.99. The van der Waals surface area contributed by atoms with E-state index in [-0.39, 0.29) is 37.4 Å². The minimum Gasteiger partial charge on any atom is -0.460 e. The summed E-state index contributed by atoms with van der Waals surface area (Å²) in [5.41, 5.74) is -1.59. The van der Waals surface area contributed by atoms with Crippen LogP contribution in [0.2, 0.25) is 0 Å². The fraction of sp³-hybridized carbons (Fsp3) is 0.600. The Bertz CT molecular complexity index is 2230. The number of aromatic nitrogens is 1. The van der Waals surface area contributed by atoms with E-state index in [1.165, 1.54) is 16.8 Å². The summed E-state index contributed by atoms with van der Waals surface area (Å²) >= 11 is 0. The largest absolute Gasteiger partial charge is 0.460 e. The second kappa shape index (κ2) is 21.7. The molecule has 2 heterocycles. The number of carbonyl (C=O) groups is 8. The van der Waals surface area contributed by atoms with Gasteiger partial charge >= 0.3 is 12.1 Å². The van der Waals surface area contributed by atoms with Crippen molar-refractivity contribution >= 4 is 58.4 Å². The Balaban J connectivity index is 1.95. The number of ether oxygens (including phenoxy) is 2. The van der Waals surface area contributed by atoms with E-state index in [0.717, 1.165) is 33.5 Å². The molecule has 1 aliphatic rings. The number of nitrogens with one attached hydrogen (secondary N) is 3. The van der Waals surface area contributed by atoms with E-state index >= 15 is 0 Å². The predicted molar refractivity (Wildman–Crippen MR) is 256 cm³/mol. The second-order valence-corrected chi connectivity index (χ2v) is 21.3. The van der Waals surface area contributed by atoms with Crippen LogP contribution in [-0.2, 0) is 55.5 Å². The van der Waals surface area contributed by atoms with Crippen molar-refractivity contribution in [3.63, 3.8) is 0 Å². The molecular weight excluding hydrogens is 859 g/mol. The molecule has 1 aromatic heterocycles. The van der Waals surface area contributed by atoms with Crippen LogP contribution in [0.1, 0.15) is 115 Å². The van der Waals surface area contributed by atoms with Crippen molar-refractivity contribution in [2.24, 2.45) is 18.4 Å². The van der Waals surface area contributed by atoms with Crippen molar-refractivity contribution in [3.05, 3.63) is 59.8 Å². The van der Waals surface area contributed by atoms with Gasteiger partial charge in [-0.1, -0.05) is 72.7 Å². The number of nitrogens with zero attached hydrogens (tertiary/aromatic N) is 4. The Labute approximate surface area is 396 Å². The quantitative estimate of drug-likeness (QED) is 0.1000. The SMILES string of the molecule is C/C(=C\[C@H](C(C)C)N(C)C(=O)C(NC(=O)[C@@H](N(C)C(=O)OC(C)(C)C)C(C)(C)c1cn(C)c2ccccc12)C(C)(C)C)C(=O)N[C@H](CCC(=O)OC(C)(C)C)C(=O)NCCN1C(=O)C=CC1=O. The number of imide groups is 1. The van der Waals surface area contributed by atoms with Gasteiger partial charge in [-0.25, -0.2) is 4.79 Å². The first-order chi connectivity index (χ1) is 30.7. The molecule has 1 aromatic carbocycles. The van der Waals surface area contributed by atoms with Crippen LogP contribution in [0, 0.1) is 11.3 Å². The molecule has 17 nitrogen and oxygen atoms in total. The average Bonchev–Trinajstić information content (AvgIpc) is 3.71. The first-order valence-electron chi connectivity index (χ1n) is 22.8. The molecule has 0 spiro atoms. The molecule has 1 aliphatic heterocycles. The van der Waals surface area contributed by atoms with E-state index in [1.54, 1.807) is 61.6 Å². The maximum Gasteiger partial charge on any atom is 0.410 e. The summed E-state index contributed by atoms with van der Waals surface area (Å²) in [5, 5.41) is 9.30. The standard InChI is InChI=1S/C50H75N7O10/c1-30(2)36(28-31(3)42(61)52-34(22-25-39(60)66-48(7,8)9)43(62)51-26-27-57-37(58)23-24-38(57)59)55(16)45(64)40(47(4,5)6)53-44(63)41(56(17)46(65)67-49(10,11)12)50(13,14)33-29-54(15)35-21-19-18-20-32(33)35/h18-21,23-24,28-30,34,36,40-41H,22,25-27H2,1-17H3,(H,51,62)(H,52,61)(H,53,63)/b31-28+/t34-,36-,40?,41-/m1/s1. The van der Waals surface area contributed by atoms with E-state index in [2.05, 4.69) is 16.0 Å². The van der Waals surface area contributed by atoms with Crippen LogP contribution < -0.4 is 16.0 Å². The lowest BCUT2D eigenvalue weighted by atomic mass is 9.76. The van der Waals surface area contributed by atoms with Gasteiger partial charge in [0.15, 0.2) is 0 Å². The zero-order chi connectivity index (χ0) is 51.1. The number of hydrogen-bond donors (Lipinski definition) is 3. The molecule has 0 aliphatic carbocycles. The Morgan fingerprint density at radius 3 is 1.90 bits per heavy atom. The van der Waals surface area contributed by atoms with Gasteiger partial charge in [-0.2, -0.15) is 0 Å². The number of fused-ring (bicyclic) bond motifs is 1. The van der Waals surface area contributed by atoms with Gasteiger partial charge in [0, 0.05) is 80.9 Å². The Morgan fingerprint density at radius 1 is 0.791 bits per heavy atom. The van der Waals surface area contributed by atoms with Gasteiger partial charge in [-0.15, -0.1) is 0 Å². The Hall–Kier alpha value is -6.00. The van der Waals surface area contributed by atoms with Crippen molar-refractivity contribution in [1.82, 2.24) is 35.2 Å². The molecule has 17 heteroatoms. The van der Waals surface area contributed by atoms with Crippen molar-refractivity contribution in [2.45, 2.75) is 151 Å². The fourth-order valence-corrected chi connectivity index (χ4v) is 7.99. The van der Waals surface area contributed by atoms with Crippen LogP contribution in [0.3, 0.4) is 0 Å². The minimum absolute atomic E-state index is 0.0991. The molecule has 0 radical (unpaired) electrons. The third-order valence-corrected chi connectivity index (χ3v) is 11.5. The maximum atomic E-state index is 15.0. The Morgan fingerprint density at radius 2 is 1.36 bits per heavy atom. The van der Waals surface area contributed by atoms with E-state index in [4.69, 9.17) is 9.47 Å². The number of carbonyl (C=O) groups excluding carboxylic acids is 8. The molecular formula is C50H75N7O10. The molecule has 0 fully saturated rings. The van der Waals surface area contributed by atoms with Crippen molar-refractivity contribution in [1.29, 1.82) is 0 Å².